The van der Waals surface area contributed by atoms with Crippen molar-refractivity contribution in [3.05, 3.63) is 64.6 Å². The Morgan fingerprint density at radius 3 is 2.68 bits per heavy atom. The lowest BCUT2D eigenvalue weighted by Gasteiger charge is -2.16. The smallest absolute Gasteiger partial charge is 0.255 e. The molecule has 6 heteroatoms. The summed E-state index contributed by atoms with van der Waals surface area (Å²) in [7, 11) is 3.41. The van der Waals surface area contributed by atoms with Gasteiger partial charge in [-0.05, 0) is 30.7 Å². The van der Waals surface area contributed by atoms with Crippen LogP contribution in [0.1, 0.15) is 15.9 Å². The van der Waals surface area contributed by atoms with E-state index in [2.05, 4.69) is 10.3 Å². The summed E-state index contributed by atoms with van der Waals surface area (Å²) in [6, 6.07) is 10.1. The number of aromatic nitrogens is 1. The van der Waals surface area contributed by atoms with Gasteiger partial charge in [-0.1, -0.05) is 29.8 Å². The molecule has 0 saturated carbocycles. The summed E-state index contributed by atoms with van der Waals surface area (Å²) in [5.74, 6) is -0.00679. The predicted octanol–water partition coefficient (Wildman–Crippen LogP) is 4.78. The van der Waals surface area contributed by atoms with Crippen molar-refractivity contribution in [2.75, 3.05) is 19.4 Å². The maximum atomic E-state index is 13.3. The first-order valence-corrected chi connectivity index (χ1v) is 8.08. The summed E-state index contributed by atoms with van der Waals surface area (Å²) in [6.45, 7) is 1.95. The molecule has 0 spiro atoms. The molecule has 128 valence electrons. The second-order valence-corrected chi connectivity index (χ2v) is 6.38. The second kappa shape index (κ2) is 6.69. The van der Waals surface area contributed by atoms with E-state index in [4.69, 9.17) is 11.6 Å². The van der Waals surface area contributed by atoms with Crippen LogP contribution in [0.2, 0.25) is 5.02 Å². The number of hydrogen-bond donors (Lipinski definition) is 1. The van der Waals surface area contributed by atoms with Crippen LogP contribution >= 0.6 is 11.6 Å². The molecule has 4 nitrogen and oxygen atoms in total. The number of amides is 1. The fraction of sp³-hybridized carbons (Fsp3) is 0.158. The van der Waals surface area contributed by atoms with E-state index in [0.29, 0.717) is 17.1 Å². The number of nitrogens with one attached hydrogen (secondary N) is 1. The Morgan fingerprint density at radius 2 is 2.00 bits per heavy atom. The quantitative estimate of drug-likeness (QED) is 0.733. The number of pyridine rings is 1. The topological polar surface area (TPSA) is 45.2 Å². The molecule has 1 heterocycles. The van der Waals surface area contributed by atoms with E-state index in [1.807, 2.05) is 25.1 Å². The number of anilines is 2. The molecule has 0 bridgehead atoms. The zero-order valence-corrected chi connectivity index (χ0v) is 14.9. The van der Waals surface area contributed by atoms with Crippen LogP contribution in [0, 0.1) is 12.7 Å². The van der Waals surface area contributed by atoms with Gasteiger partial charge < -0.3 is 10.2 Å². The average Bonchev–Trinajstić information content (AvgIpc) is 2.58. The van der Waals surface area contributed by atoms with E-state index in [-0.39, 0.29) is 10.9 Å². The van der Waals surface area contributed by atoms with Gasteiger partial charge in [-0.3, -0.25) is 4.79 Å². The zero-order valence-electron chi connectivity index (χ0n) is 14.1. The summed E-state index contributed by atoms with van der Waals surface area (Å²) in [5.41, 5.74) is 2.14. The number of benzene rings is 2. The lowest BCUT2D eigenvalue weighted by Crippen LogP contribution is -2.22. The molecule has 0 aliphatic carbocycles. The van der Waals surface area contributed by atoms with Gasteiger partial charge in [-0.15, -0.1) is 0 Å². The molecule has 0 aliphatic rings. The van der Waals surface area contributed by atoms with Crippen LogP contribution in [0.15, 0.2) is 42.6 Å². The summed E-state index contributed by atoms with van der Waals surface area (Å²) in [6.07, 6.45) is 1.56. The van der Waals surface area contributed by atoms with Gasteiger partial charge in [0.1, 0.15) is 11.6 Å². The van der Waals surface area contributed by atoms with E-state index >= 15 is 0 Å². The van der Waals surface area contributed by atoms with Crippen molar-refractivity contribution in [1.29, 1.82) is 0 Å². The minimum Gasteiger partial charge on any atom is -0.345 e. The van der Waals surface area contributed by atoms with E-state index in [1.165, 1.54) is 17.0 Å². The summed E-state index contributed by atoms with van der Waals surface area (Å²) >= 11 is 5.84. The van der Waals surface area contributed by atoms with Gasteiger partial charge in [-0.25, -0.2) is 9.37 Å². The molecule has 0 atom stereocenters. The van der Waals surface area contributed by atoms with Gasteiger partial charge in [0.25, 0.3) is 5.91 Å². The van der Waals surface area contributed by atoms with Crippen molar-refractivity contribution in [3.8, 4) is 0 Å². The molecule has 0 saturated heterocycles. The molecule has 0 aliphatic heterocycles. The first-order valence-electron chi connectivity index (χ1n) is 7.70. The lowest BCUT2D eigenvalue weighted by atomic mass is 10.0. The SMILES string of the molecule is Cc1cccc2c(Nc3ccc(F)c(Cl)c3)ncc(C(=O)N(C)C)c12. The maximum absolute atomic E-state index is 13.3. The zero-order chi connectivity index (χ0) is 18.1. The van der Waals surface area contributed by atoms with E-state index in [9.17, 15) is 9.18 Å². The maximum Gasteiger partial charge on any atom is 0.255 e. The highest BCUT2D eigenvalue weighted by Crippen LogP contribution is 2.30. The number of carbonyl (C=O) groups excluding carboxylic acids is 1. The normalized spacial score (nSPS) is 10.8. The van der Waals surface area contributed by atoms with Crippen molar-refractivity contribution in [3.63, 3.8) is 0 Å². The average molecular weight is 358 g/mol. The Labute approximate surface area is 150 Å². The molecular formula is C19H17ClFN3O. The molecule has 1 aromatic heterocycles. The van der Waals surface area contributed by atoms with Crippen molar-refractivity contribution in [2.45, 2.75) is 6.92 Å². The third-order valence-corrected chi connectivity index (χ3v) is 4.23. The fourth-order valence-corrected chi connectivity index (χ4v) is 2.88. The highest BCUT2D eigenvalue weighted by atomic mass is 35.5. The number of aryl methyl sites for hydroxylation is 1. The van der Waals surface area contributed by atoms with Crippen molar-refractivity contribution in [1.82, 2.24) is 9.88 Å². The number of halogens is 2. The molecule has 0 radical (unpaired) electrons. The Morgan fingerprint density at radius 1 is 1.24 bits per heavy atom. The Bertz CT molecular complexity index is 972. The van der Waals surface area contributed by atoms with Crippen molar-refractivity contribution in [2.24, 2.45) is 0 Å². The molecule has 25 heavy (non-hydrogen) atoms. The molecular weight excluding hydrogens is 341 g/mol. The fourth-order valence-electron chi connectivity index (χ4n) is 2.70. The van der Waals surface area contributed by atoms with Gasteiger partial charge in [0.05, 0.1) is 10.6 Å². The van der Waals surface area contributed by atoms with Crippen LogP contribution in [0.5, 0.6) is 0 Å². The standard InChI is InChI=1S/C19H17ClFN3O/c1-11-5-4-6-13-17(11)14(19(25)24(2)3)10-22-18(13)23-12-7-8-16(21)15(20)9-12/h4-10H,1-3H3,(H,22,23). The number of carbonyl (C=O) groups is 1. The van der Waals surface area contributed by atoms with Gasteiger partial charge >= 0.3 is 0 Å². The second-order valence-electron chi connectivity index (χ2n) is 5.97. The van der Waals surface area contributed by atoms with Crippen molar-refractivity contribution < 1.29 is 9.18 Å². The molecule has 1 amide bonds. The van der Waals surface area contributed by atoms with Gasteiger partial charge in [-0.2, -0.15) is 0 Å². The van der Waals surface area contributed by atoms with Crippen molar-refractivity contribution >= 4 is 39.8 Å². The number of fused-ring (bicyclic) bond motifs is 1. The highest BCUT2D eigenvalue weighted by Gasteiger charge is 2.17. The Hall–Kier alpha value is -2.66. The molecule has 0 fully saturated rings. The summed E-state index contributed by atoms with van der Waals surface area (Å²) < 4.78 is 13.3. The third kappa shape index (κ3) is 3.28. The minimum absolute atomic E-state index is 0.0323. The molecule has 2 aromatic carbocycles. The number of nitrogens with zero attached hydrogens (tertiary/aromatic N) is 2. The van der Waals surface area contributed by atoms with Crippen LogP contribution in [-0.2, 0) is 0 Å². The van der Waals surface area contributed by atoms with Crippen LogP contribution in [-0.4, -0.2) is 29.9 Å². The predicted molar refractivity (Wildman–Crippen MR) is 99.2 cm³/mol. The van der Waals surface area contributed by atoms with E-state index in [0.717, 1.165) is 16.3 Å². The molecule has 3 rings (SSSR count). The summed E-state index contributed by atoms with van der Waals surface area (Å²) in [5, 5.41) is 4.84. The lowest BCUT2D eigenvalue weighted by molar-refractivity contribution is 0.0829. The molecule has 1 N–H and O–H groups in total. The largest absolute Gasteiger partial charge is 0.345 e. The van der Waals surface area contributed by atoms with Crippen LogP contribution in [0.3, 0.4) is 0 Å². The first-order chi connectivity index (χ1) is 11.9. The van der Waals surface area contributed by atoms with Crippen LogP contribution in [0.4, 0.5) is 15.9 Å². The highest BCUT2D eigenvalue weighted by molar-refractivity contribution is 6.31. The molecule has 3 aromatic rings. The Balaban J connectivity index is 2.14. The van der Waals surface area contributed by atoms with E-state index in [1.54, 1.807) is 26.4 Å². The Kier molecular flexibility index (Phi) is 4.59. The third-order valence-electron chi connectivity index (χ3n) is 3.94. The van der Waals surface area contributed by atoms with Gasteiger partial charge in [0.2, 0.25) is 0 Å². The van der Waals surface area contributed by atoms with Crippen LogP contribution < -0.4 is 5.32 Å². The summed E-state index contributed by atoms with van der Waals surface area (Å²) in [4.78, 5) is 18.4. The minimum atomic E-state index is -0.479. The number of rotatable bonds is 3. The van der Waals surface area contributed by atoms with Gasteiger partial charge in [0.15, 0.2) is 0 Å². The first kappa shape index (κ1) is 17.2. The van der Waals surface area contributed by atoms with E-state index < -0.39 is 5.82 Å². The van der Waals surface area contributed by atoms with Gasteiger partial charge in [0, 0.05) is 36.8 Å². The van der Waals surface area contributed by atoms with Crippen LogP contribution in [0.25, 0.3) is 10.8 Å². The number of hydrogen-bond acceptors (Lipinski definition) is 3. The molecule has 0 unspecified atom stereocenters. The monoisotopic (exact) mass is 357 g/mol.